The first-order chi connectivity index (χ1) is 31.1. The molecule has 0 bridgehead atoms. The van der Waals surface area contributed by atoms with Crippen molar-refractivity contribution in [2.75, 3.05) is 0 Å². The van der Waals surface area contributed by atoms with Crippen LogP contribution in [0, 0.1) is 18.5 Å². The van der Waals surface area contributed by atoms with E-state index in [1.807, 2.05) is 24.4 Å². The van der Waals surface area contributed by atoms with Crippen molar-refractivity contribution >= 4 is 32.8 Å². The molecule has 10 aromatic rings. The van der Waals surface area contributed by atoms with Crippen molar-refractivity contribution in [2.45, 2.75) is 78.6 Å². The maximum atomic E-state index is 6.72. The van der Waals surface area contributed by atoms with Crippen LogP contribution in [0.15, 0.2) is 152 Å². The first-order valence-corrected chi connectivity index (χ1v) is 22.6. The van der Waals surface area contributed by atoms with Gasteiger partial charge in [-0.1, -0.05) is 165 Å². The van der Waals surface area contributed by atoms with E-state index in [4.69, 9.17) is 9.72 Å². The first kappa shape index (κ1) is 43.3. The third-order valence-electron chi connectivity index (χ3n) is 13.0. The molecular weight excluding hydrogens is 988 g/mol. The minimum atomic E-state index is -0.194. The molecule has 0 atom stereocenters. The summed E-state index contributed by atoms with van der Waals surface area (Å²) in [4.78, 5) is 4.87. The van der Waals surface area contributed by atoms with Crippen LogP contribution in [0.2, 0.25) is 0 Å². The molecular formula is C60H52N4OPt-2. The molecule has 1 aliphatic rings. The number of pyridine rings is 1. The second-order valence-electron chi connectivity index (χ2n) is 20.5. The van der Waals surface area contributed by atoms with Crippen LogP contribution in [0.25, 0.3) is 83.4 Å². The van der Waals surface area contributed by atoms with Crippen LogP contribution in [-0.4, -0.2) is 14.1 Å². The molecule has 5 nitrogen and oxygen atoms in total. The molecule has 0 saturated carbocycles. The zero-order valence-corrected chi connectivity index (χ0v) is 41.2. The molecule has 330 valence electrons. The molecule has 0 fully saturated rings. The quantitative estimate of drug-likeness (QED) is 0.130. The maximum Gasteiger partial charge on any atom is 0.268 e. The smallest absolute Gasteiger partial charge is 0.268 e. The predicted molar refractivity (Wildman–Crippen MR) is 266 cm³/mol. The molecule has 0 amide bonds. The SMILES string of the molecule is CC(C)(C)c1ccnc(-n2c3[c-]c(Oc4[c-]c(-n5[c-][n+]6c7c(cccc75)-c5ccccc5-c5ccccc5-c5cc(C(C)(C)C)cc(C(C)(C)C)c5-6)ccc4)ccc3c3ccccc32)c1.[Pt]. The summed E-state index contributed by atoms with van der Waals surface area (Å²) in [7, 11) is 0. The van der Waals surface area contributed by atoms with Gasteiger partial charge in [-0.3, -0.25) is 4.57 Å². The molecule has 0 aliphatic carbocycles. The summed E-state index contributed by atoms with van der Waals surface area (Å²) in [6.07, 6.45) is 5.84. The zero-order valence-electron chi connectivity index (χ0n) is 38.9. The summed E-state index contributed by atoms with van der Waals surface area (Å²) < 4.78 is 13.4. The fourth-order valence-corrected chi connectivity index (χ4v) is 9.63. The number of hydrogen-bond donors (Lipinski definition) is 0. The van der Waals surface area contributed by atoms with E-state index in [0.29, 0.717) is 11.5 Å². The van der Waals surface area contributed by atoms with Crippen LogP contribution in [0.4, 0.5) is 0 Å². The summed E-state index contributed by atoms with van der Waals surface area (Å²) in [5, 5.41) is 2.23. The summed E-state index contributed by atoms with van der Waals surface area (Å²) in [5.74, 6) is 2.03. The topological polar surface area (TPSA) is 35.9 Å². The van der Waals surface area contributed by atoms with Crippen molar-refractivity contribution in [2.24, 2.45) is 0 Å². The largest absolute Gasteiger partial charge is 0.510 e. The number of benzene rings is 7. The van der Waals surface area contributed by atoms with Gasteiger partial charge in [0.25, 0.3) is 6.33 Å². The Balaban J connectivity index is 0.00000511. The Labute approximate surface area is 402 Å². The Morgan fingerprint density at radius 3 is 1.82 bits per heavy atom. The number of hydrogen-bond acceptors (Lipinski definition) is 2. The van der Waals surface area contributed by atoms with Crippen molar-refractivity contribution in [3.63, 3.8) is 0 Å². The van der Waals surface area contributed by atoms with Crippen LogP contribution >= 0.6 is 0 Å². The van der Waals surface area contributed by atoms with Crippen molar-refractivity contribution in [1.82, 2.24) is 14.1 Å². The molecule has 7 aromatic carbocycles. The number of aromatic nitrogens is 4. The Morgan fingerprint density at radius 1 is 0.515 bits per heavy atom. The Hall–Kier alpha value is -6.55. The summed E-state index contributed by atoms with van der Waals surface area (Å²) >= 11 is 0. The molecule has 0 spiro atoms. The molecule has 3 aromatic heterocycles. The third-order valence-corrected chi connectivity index (χ3v) is 13.0. The molecule has 11 rings (SSSR count). The van der Waals surface area contributed by atoms with Crippen LogP contribution < -0.4 is 9.30 Å². The van der Waals surface area contributed by atoms with Gasteiger partial charge in [0.15, 0.2) is 0 Å². The van der Waals surface area contributed by atoms with E-state index in [1.54, 1.807) is 0 Å². The molecule has 0 N–H and O–H groups in total. The van der Waals surface area contributed by atoms with Gasteiger partial charge in [-0.15, -0.1) is 29.7 Å². The Kier molecular flexibility index (Phi) is 10.4. The van der Waals surface area contributed by atoms with Gasteiger partial charge in [-0.25, -0.2) is 4.98 Å². The second kappa shape index (κ2) is 15.8. The average Bonchev–Trinajstić information content (AvgIpc) is 3.84. The number of rotatable bonds is 4. The number of nitrogens with zero attached hydrogens (tertiary/aromatic N) is 4. The standard InChI is InChI=1S/C60H52N4O.Pt/c1-58(2,3)38-30-31-61-55(34-38)64-52-26-15-14-24-47(52)48-29-28-42(36-54(48)64)65-41-19-16-18-40(35-41)62-37-63-56-50(32-39(59(4,5)6)33-51(56)60(7,8)9)46-23-13-11-21-44(46)43-20-10-12-22-45(43)49-25-17-27-53(62)57(49)63;/h10-34H,1-9H3;/q-2;. The number of ether oxygens (including phenoxy) is 1. The van der Waals surface area contributed by atoms with Crippen molar-refractivity contribution < 1.29 is 30.4 Å². The van der Waals surface area contributed by atoms with Crippen molar-refractivity contribution in [3.05, 3.63) is 187 Å². The van der Waals surface area contributed by atoms with E-state index in [0.717, 1.165) is 55.6 Å². The molecule has 6 heteroatoms. The molecule has 0 unspecified atom stereocenters. The van der Waals surface area contributed by atoms with E-state index in [9.17, 15) is 0 Å². The fraction of sp³-hybridized carbons (Fsp3) is 0.200. The molecule has 4 heterocycles. The Morgan fingerprint density at radius 2 is 1.12 bits per heavy atom. The normalized spacial score (nSPS) is 12.5. The number of para-hydroxylation sites is 2. The fourth-order valence-electron chi connectivity index (χ4n) is 9.63. The Bertz CT molecular complexity index is 3530. The zero-order chi connectivity index (χ0) is 45.0. The second-order valence-corrected chi connectivity index (χ2v) is 20.5. The number of imidazole rings is 1. The molecule has 0 radical (unpaired) electrons. The van der Waals surface area contributed by atoms with Crippen LogP contribution in [0.5, 0.6) is 11.5 Å². The number of fused-ring (bicyclic) bond motifs is 10. The van der Waals surface area contributed by atoms with Crippen molar-refractivity contribution in [3.8, 4) is 62.1 Å². The van der Waals surface area contributed by atoms with Gasteiger partial charge in [-0.05, 0) is 95.6 Å². The molecule has 0 saturated heterocycles. The van der Waals surface area contributed by atoms with Gasteiger partial charge in [0.2, 0.25) is 0 Å². The van der Waals surface area contributed by atoms with E-state index in [1.165, 1.54) is 44.5 Å². The molecule has 66 heavy (non-hydrogen) atoms. The minimum absolute atomic E-state index is 0. The predicted octanol–water partition coefficient (Wildman–Crippen LogP) is 14.8. The summed E-state index contributed by atoms with van der Waals surface area (Å²) in [5.41, 5.74) is 16.6. The van der Waals surface area contributed by atoms with Gasteiger partial charge in [-0.2, -0.15) is 18.2 Å². The minimum Gasteiger partial charge on any atom is -0.510 e. The van der Waals surface area contributed by atoms with E-state index in [-0.39, 0.29) is 37.3 Å². The third kappa shape index (κ3) is 7.20. The van der Waals surface area contributed by atoms with Crippen LogP contribution in [-0.2, 0) is 37.3 Å². The van der Waals surface area contributed by atoms with Crippen molar-refractivity contribution in [1.29, 1.82) is 0 Å². The maximum absolute atomic E-state index is 6.72. The van der Waals surface area contributed by atoms with Gasteiger partial charge in [0, 0.05) is 44.3 Å². The van der Waals surface area contributed by atoms with Crippen LogP contribution in [0.1, 0.15) is 79.0 Å². The van der Waals surface area contributed by atoms with E-state index >= 15 is 0 Å². The average molecular weight is 1040 g/mol. The first-order valence-electron chi connectivity index (χ1n) is 22.6. The van der Waals surface area contributed by atoms with Gasteiger partial charge in [0.1, 0.15) is 5.82 Å². The molecule has 1 aliphatic heterocycles. The van der Waals surface area contributed by atoms with Crippen LogP contribution in [0.3, 0.4) is 0 Å². The van der Waals surface area contributed by atoms with E-state index < -0.39 is 0 Å². The monoisotopic (exact) mass is 1040 g/mol. The van der Waals surface area contributed by atoms with Gasteiger partial charge >= 0.3 is 0 Å². The summed E-state index contributed by atoms with van der Waals surface area (Å²) in [6, 6.07) is 59.5. The summed E-state index contributed by atoms with van der Waals surface area (Å²) in [6.45, 7) is 20.6. The van der Waals surface area contributed by atoms with Gasteiger partial charge < -0.3 is 13.9 Å². The van der Waals surface area contributed by atoms with Gasteiger partial charge in [0.05, 0.1) is 16.7 Å². The van der Waals surface area contributed by atoms with E-state index in [2.05, 4.69) is 222 Å².